The van der Waals surface area contributed by atoms with Crippen LogP contribution in [0.25, 0.3) is 5.65 Å². The summed E-state index contributed by atoms with van der Waals surface area (Å²) in [6.45, 7) is 6.10. The van der Waals surface area contributed by atoms with E-state index in [1.165, 1.54) is 12.1 Å². The molecule has 1 aliphatic heterocycles. The molecule has 1 aromatic carbocycles. The van der Waals surface area contributed by atoms with E-state index in [1.807, 2.05) is 0 Å². The number of fused-ring (bicyclic) bond motifs is 1. The Balaban J connectivity index is 1.38. The average Bonchev–Trinajstić information content (AvgIpc) is 3.15. The fourth-order valence-electron chi connectivity index (χ4n) is 3.48. The van der Waals surface area contributed by atoms with Gasteiger partial charge in [-0.15, -0.1) is 5.10 Å². The van der Waals surface area contributed by atoms with Gasteiger partial charge in [0, 0.05) is 50.8 Å². The van der Waals surface area contributed by atoms with Gasteiger partial charge in [-0.1, -0.05) is 6.07 Å². The van der Waals surface area contributed by atoms with Crippen molar-refractivity contribution in [1.29, 1.82) is 0 Å². The van der Waals surface area contributed by atoms with E-state index in [2.05, 4.69) is 42.5 Å². The minimum absolute atomic E-state index is 0.202. The van der Waals surface area contributed by atoms with Crippen LogP contribution in [0, 0.1) is 0 Å². The molecule has 0 saturated carbocycles. The Hall–Kier alpha value is -2.92. The van der Waals surface area contributed by atoms with Crippen molar-refractivity contribution in [3.05, 3.63) is 42.2 Å². The molecule has 0 aliphatic carbocycles. The number of piperazine rings is 1. The molecule has 0 radical (unpaired) electrons. The second-order valence-corrected chi connectivity index (χ2v) is 7.61. The maximum absolute atomic E-state index is 12.9. The third kappa shape index (κ3) is 5.42. The monoisotopic (exact) mass is 434 g/mol. The minimum Gasteiger partial charge on any atom is -0.367 e. The van der Waals surface area contributed by atoms with Gasteiger partial charge >= 0.3 is 6.18 Å². The summed E-state index contributed by atoms with van der Waals surface area (Å²) < 4.78 is 40.3. The zero-order chi connectivity index (χ0) is 21.8. The van der Waals surface area contributed by atoms with E-state index in [0.717, 1.165) is 57.8 Å². The Labute approximate surface area is 178 Å². The van der Waals surface area contributed by atoms with Crippen LogP contribution in [0.1, 0.15) is 12.0 Å². The van der Waals surface area contributed by atoms with Crippen LogP contribution in [-0.2, 0) is 6.18 Å². The number of alkyl halides is 3. The minimum atomic E-state index is -4.41. The number of benzene rings is 1. The van der Waals surface area contributed by atoms with Crippen molar-refractivity contribution in [2.24, 2.45) is 0 Å². The second kappa shape index (κ2) is 9.06. The molecule has 1 saturated heterocycles. The van der Waals surface area contributed by atoms with E-state index >= 15 is 0 Å². The molecule has 3 heterocycles. The van der Waals surface area contributed by atoms with Gasteiger partial charge in [-0.3, -0.25) is 0 Å². The van der Waals surface area contributed by atoms with Gasteiger partial charge in [-0.25, -0.2) is 9.50 Å². The lowest BCUT2D eigenvalue weighted by Gasteiger charge is -2.32. The summed E-state index contributed by atoms with van der Waals surface area (Å²) in [5.74, 6) is 0.790. The zero-order valence-electron chi connectivity index (χ0n) is 17.2. The van der Waals surface area contributed by atoms with E-state index in [9.17, 15) is 13.2 Å². The number of anilines is 3. The summed E-state index contributed by atoms with van der Waals surface area (Å²) >= 11 is 0. The van der Waals surface area contributed by atoms with E-state index in [4.69, 9.17) is 0 Å². The van der Waals surface area contributed by atoms with Crippen LogP contribution >= 0.6 is 0 Å². The Kier molecular flexibility index (Phi) is 6.23. The first-order valence-electron chi connectivity index (χ1n) is 10.2. The Morgan fingerprint density at radius 3 is 2.71 bits per heavy atom. The number of halogens is 3. The summed E-state index contributed by atoms with van der Waals surface area (Å²) in [5, 5.41) is 10.4. The molecule has 11 heteroatoms. The number of aromatic nitrogens is 4. The first-order valence-corrected chi connectivity index (χ1v) is 10.2. The van der Waals surface area contributed by atoms with Gasteiger partial charge in [0.1, 0.15) is 0 Å². The van der Waals surface area contributed by atoms with Crippen LogP contribution < -0.4 is 10.6 Å². The molecule has 0 amide bonds. The SMILES string of the molecule is CN1CCN(CCCNc2nccn3nc(Nc4cccc(C(F)(F)F)c4)nc23)CC1. The first-order chi connectivity index (χ1) is 14.9. The van der Waals surface area contributed by atoms with Crippen LogP contribution in [-0.4, -0.2) is 75.7 Å². The van der Waals surface area contributed by atoms with Gasteiger partial charge in [0.15, 0.2) is 11.5 Å². The zero-order valence-corrected chi connectivity index (χ0v) is 17.2. The molecular formula is C20H25F3N8. The quantitative estimate of drug-likeness (QED) is 0.554. The number of nitrogens with zero attached hydrogens (tertiary/aromatic N) is 6. The summed E-state index contributed by atoms with van der Waals surface area (Å²) in [7, 11) is 2.14. The Morgan fingerprint density at radius 2 is 1.94 bits per heavy atom. The molecule has 1 fully saturated rings. The molecule has 4 rings (SSSR count). The predicted octanol–water partition coefficient (Wildman–Crippen LogP) is 2.94. The lowest BCUT2D eigenvalue weighted by Crippen LogP contribution is -2.44. The third-order valence-corrected chi connectivity index (χ3v) is 5.24. The van der Waals surface area contributed by atoms with E-state index in [0.29, 0.717) is 11.5 Å². The fourth-order valence-corrected chi connectivity index (χ4v) is 3.48. The van der Waals surface area contributed by atoms with Crippen LogP contribution in [0.5, 0.6) is 0 Å². The van der Waals surface area contributed by atoms with Gasteiger partial charge in [-0.2, -0.15) is 18.2 Å². The summed E-state index contributed by atoms with van der Waals surface area (Å²) in [6.07, 6.45) is -0.182. The molecule has 31 heavy (non-hydrogen) atoms. The summed E-state index contributed by atoms with van der Waals surface area (Å²) in [5.41, 5.74) is 0.0441. The van der Waals surface area contributed by atoms with Crippen LogP contribution in [0.15, 0.2) is 36.7 Å². The highest BCUT2D eigenvalue weighted by atomic mass is 19.4. The molecule has 0 bridgehead atoms. The van der Waals surface area contributed by atoms with Crippen molar-refractivity contribution >= 4 is 23.1 Å². The number of nitrogens with one attached hydrogen (secondary N) is 2. The molecule has 8 nitrogen and oxygen atoms in total. The molecule has 166 valence electrons. The molecular weight excluding hydrogens is 409 g/mol. The van der Waals surface area contributed by atoms with Gasteiger partial charge < -0.3 is 20.4 Å². The Morgan fingerprint density at radius 1 is 1.13 bits per heavy atom. The van der Waals surface area contributed by atoms with Crippen molar-refractivity contribution in [3.63, 3.8) is 0 Å². The van der Waals surface area contributed by atoms with Crippen molar-refractivity contribution in [1.82, 2.24) is 29.4 Å². The highest BCUT2D eigenvalue weighted by Crippen LogP contribution is 2.31. The first kappa shape index (κ1) is 21.3. The van der Waals surface area contributed by atoms with Crippen LogP contribution in [0.3, 0.4) is 0 Å². The second-order valence-electron chi connectivity index (χ2n) is 7.61. The maximum atomic E-state index is 12.9. The topological polar surface area (TPSA) is 73.6 Å². The predicted molar refractivity (Wildman–Crippen MR) is 113 cm³/mol. The molecule has 1 aliphatic rings. The number of likely N-dealkylation sites (N-methyl/N-ethyl adjacent to an activating group) is 1. The highest BCUT2D eigenvalue weighted by Gasteiger charge is 2.30. The smallest absolute Gasteiger partial charge is 0.367 e. The lowest BCUT2D eigenvalue weighted by atomic mass is 10.2. The summed E-state index contributed by atoms with van der Waals surface area (Å²) in [4.78, 5) is 13.5. The molecule has 0 spiro atoms. The van der Waals surface area contributed by atoms with Gasteiger partial charge in [0.25, 0.3) is 0 Å². The molecule has 3 aromatic rings. The van der Waals surface area contributed by atoms with E-state index in [1.54, 1.807) is 16.9 Å². The maximum Gasteiger partial charge on any atom is 0.416 e. The lowest BCUT2D eigenvalue weighted by molar-refractivity contribution is -0.137. The standard InChI is InChI=1S/C20H25F3N8/c1-29-10-12-30(13-11-29)8-3-6-24-17-18-27-19(28-31(18)9-7-25-17)26-16-5-2-4-15(14-16)20(21,22)23/h2,4-5,7,9,14H,3,6,8,10-13H2,1H3,(H,24,25)(H,26,28). The molecule has 0 unspecified atom stereocenters. The highest BCUT2D eigenvalue weighted by molar-refractivity contribution is 5.65. The number of hydrogen-bond acceptors (Lipinski definition) is 7. The van der Waals surface area contributed by atoms with Gasteiger partial charge in [0.2, 0.25) is 5.95 Å². The Bertz CT molecular complexity index is 1010. The normalized spacial score (nSPS) is 16.0. The molecule has 2 N–H and O–H groups in total. The van der Waals surface area contributed by atoms with E-state index < -0.39 is 11.7 Å². The van der Waals surface area contributed by atoms with Gasteiger partial charge in [0.05, 0.1) is 5.56 Å². The van der Waals surface area contributed by atoms with Crippen molar-refractivity contribution < 1.29 is 13.2 Å². The molecule has 0 atom stereocenters. The van der Waals surface area contributed by atoms with Crippen LogP contribution in [0.4, 0.5) is 30.6 Å². The summed E-state index contributed by atoms with van der Waals surface area (Å²) in [6, 6.07) is 4.93. The average molecular weight is 434 g/mol. The third-order valence-electron chi connectivity index (χ3n) is 5.24. The number of hydrogen-bond donors (Lipinski definition) is 2. The van der Waals surface area contributed by atoms with Crippen LogP contribution in [0.2, 0.25) is 0 Å². The van der Waals surface area contributed by atoms with Crippen molar-refractivity contribution in [3.8, 4) is 0 Å². The largest absolute Gasteiger partial charge is 0.416 e. The molecule has 2 aromatic heterocycles. The van der Waals surface area contributed by atoms with Gasteiger partial charge in [-0.05, 0) is 38.2 Å². The fraction of sp³-hybridized carbons (Fsp3) is 0.450. The van der Waals surface area contributed by atoms with Crippen molar-refractivity contribution in [2.45, 2.75) is 12.6 Å². The van der Waals surface area contributed by atoms with E-state index in [-0.39, 0.29) is 11.6 Å². The number of rotatable bonds is 7. The van der Waals surface area contributed by atoms with Crippen molar-refractivity contribution in [2.75, 3.05) is 56.9 Å².